The number of esters is 1. The van der Waals surface area contributed by atoms with E-state index in [4.69, 9.17) is 14.2 Å². The van der Waals surface area contributed by atoms with E-state index in [-0.39, 0.29) is 31.0 Å². The van der Waals surface area contributed by atoms with Crippen LogP contribution >= 0.6 is 0 Å². The third kappa shape index (κ3) is 16.9. The molecule has 0 spiro atoms. The Balaban J connectivity index is 2.89. The lowest BCUT2D eigenvalue weighted by atomic mass is 9.83. The van der Waals surface area contributed by atoms with E-state index >= 15 is 0 Å². The number of nitrogens with one attached hydrogen (secondary N) is 1. The van der Waals surface area contributed by atoms with Crippen LogP contribution in [0.1, 0.15) is 103 Å². The van der Waals surface area contributed by atoms with Crippen molar-refractivity contribution in [2.75, 3.05) is 38.9 Å². The number of methoxy groups -OCH3 is 2. The summed E-state index contributed by atoms with van der Waals surface area (Å²) in [5.74, 6) is -3.61. The number of aliphatic hydroxyl groups is 1. The summed E-state index contributed by atoms with van der Waals surface area (Å²) in [4.78, 5) is 38.6. The molecule has 1 aromatic carbocycles. The summed E-state index contributed by atoms with van der Waals surface area (Å²) in [5.41, 5.74) is -1.78. The zero-order valence-electron chi connectivity index (χ0n) is 29.4. The quantitative estimate of drug-likeness (QED) is 0.0584. The van der Waals surface area contributed by atoms with Gasteiger partial charge >= 0.3 is 11.9 Å². The predicted octanol–water partition coefficient (Wildman–Crippen LogP) is 5.43. The Morgan fingerprint density at radius 2 is 1.48 bits per heavy atom. The van der Waals surface area contributed by atoms with Crippen LogP contribution in [0, 0.1) is 5.92 Å². The molecule has 0 saturated carbocycles. The number of carbonyl (C=O) groups excluding carboxylic acids is 2. The van der Waals surface area contributed by atoms with Gasteiger partial charge in [-0.05, 0) is 49.8 Å². The number of hydrogen-bond acceptors (Lipinski definition) is 9. The Bertz CT molecular complexity index is 1200. The summed E-state index contributed by atoms with van der Waals surface area (Å²) in [7, 11) is -0.500. The Morgan fingerprint density at radius 3 is 2.04 bits per heavy atom. The van der Waals surface area contributed by atoms with Crippen molar-refractivity contribution in [2.45, 2.75) is 115 Å². The monoisotopic (exact) mass is 697 g/mol. The maximum atomic E-state index is 13.6. The van der Waals surface area contributed by atoms with Gasteiger partial charge in [0.1, 0.15) is 21.6 Å². The zero-order valence-corrected chi connectivity index (χ0v) is 30.2. The molecule has 0 aliphatic heterocycles. The van der Waals surface area contributed by atoms with E-state index in [1.807, 2.05) is 0 Å². The maximum Gasteiger partial charge on any atom is 0.336 e. The number of allylic oxidation sites excluding steroid dienone is 1. The molecule has 0 aromatic heterocycles. The summed E-state index contributed by atoms with van der Waals surface area (Å²) >= 11 is 0. The Kier molecular flexibility index (Phi) is 21.7. The first-order valence-electron chi connectivity index (χ1n) is 17.4. The standard InChI is InChI=1S/C36H59NO10S/c1-5-7-9-13-16-26-48(43,44)27-17-14-11-10-12-15-18-31(36(42,35(40)41)23-25-45-3)33(38)37-32(34(39)46-4)28-29-19-21-30(22-20-29)47-24-8-6-2/h15,18-22,31-32,42H,5-14,16-17,23-28H2,1-4H3,(H,37,38)(H,40,41)/b18-15+/t31-,32+,36+/m1/s1. The van der Waals surface area contributed by atoms with E-state index in [1.54, 1.807) is 30.3 Å². The highest BCUT2D eigenvalue weighted by Crippen LogP contribution is 2.26. The zero-order chi connectivity index (χ0) is 35.8. The van der Waals surface area contributed by atoms with Gasteiger partial charge in [-0.25, -0.2) is 18.0 Å². The molecule has 0 aliphatic rings. The van der Waals surface area contributed by atoms with E-state index in [2.05, 4.69) is 19.2 Å². The van der Waals surface area contributed by atoms with E-state index in [9.17, 15) is 33.0 Å². The predicted molar refractivity (Wildman–Crippen MR) is 187 cm³/mol. The fourth-order valence-electron chi connectivity index (χ4n) is 5.20. The first-order chi connectivity index (χ1) is 22.9. The van der Waals surface area contributed by atoms with Gasteiger partial charge in [-0.3, -0.25) is 4.79 Å². The van der Waals surface area contributed by atoms with Gasteiger partial charge in [0.2, 0.25) is 5.91 Å². The van der Waals surface area contributed by atoms with Crippen LogP contribution < -0.4 is 10.1 Å². The topological polar surface area (TPSA) is 166 Å². The molecule has 3 atom stereocenters. The van der Waals surface area contributed by atoms with Gasteiger partial charge in [-0.15, -0.1) is 0 Å². The molecule has 0 bridgehead atoms. The molecule has 1 amide bonds. The lowest BCUT2D eigenvalue weighted by molar-refractivity contribution is -0.169. The Labute approximate surface area is 287 Å². The van der Waals surface area contributed by atoms with E-state index in [0.29, 0.717) is 43.6 Å². The summed E-state index contributed by atoms with van der Waals surface area (Å²) in [6.45, 7) is 4.66. The number of carboxylic acid groups (broad SMARTS) is 1. The van der Waals surface area contributed by atoms with Crippen molar-refractivity contribution in [1.82, 2.24) is 5.32 Å². The lowest BCUT2D eigenvalue weighted by Gasteiger charge is -2.30. The summed E-state index contributed by atoms with van der Waals surface area (Å²) in [6, 6.07) is 5.96. The summed E-state index contributed by atoms with van der Waals surface area (Å²) in [6.07, 6.45) is 12.8. The molecule has 0 saturated heterocycles. The number of unbranched alkanes of at least 4 members (excludes halogenated alkanes) is 9. The summed E-state index contributed by atoms with van der Waals surface area (Å²) in [5, 5.41) is 23.8. The molecule has 0 fully saturated rings. The van der Waals surface area contributed by atoms with Gasteiger partial charge in [0.05, 0.1) is 31.1 Å². The minimum atomic E-state index is -3.05. The fourth-order valence-corrected chi connectivity index (χ4v) is 6.70. The van der Waals surface area contributed by atoms with Crippen molar-refractivity contribution >= 4 is 27.7 Å². The maximum absolute atomic E-state index is 13.6. The van der Waals surface area contributed by atoms with Crippen LogP contribution in [0.25, 0.3) is 0 Å². The first-order valence-corrected chi connectivity index (χ1v) is 19.2. The molecule has 3 N–H and O–H groups in total. The number of benzene rings is 1. The van der Waals surface area contributed by atoms with E-state index in [0.717, 1.165) is 51.4 Å². The highest BCUT2D eigenvalue weighted by molar-refractivity contribution is 7.91. The SMILES string of the molecule is CCCCCCCS(=O)(=O)CCCCCC/C=C/[C@H](C(=O)N[C@@H](Cc1ccc(OCCCC)cc1)C(=O)OC)[C@@](O)(CCOC)C(=O)O. The molecule has 1 aromatic rings. The number of hydrogen-bond donors (Lipinski definition) is 3. The van der Waals surface area contributed by atoms with Crippen molar-refractivity contribution in [2.24, 2.45) is 5.92 Å². The average molecular weight is 698 g/mol. The number of carboxylic acids is 1. The highest BCUT2D eigenvalue weighted by Gasteiger charge is 2.47. The molecule has 274 valence electrons. The van der Waals surface area contributed by atoms with Gasteiger partial charge in [-0.2, -0.15) is 0 Å². The van der Waals surface area contributed by atoms with Crippen molar-refractivity contribution in [3.05, 3.63) is 42.0 Å². The van der Waals surface area contributed by atoms with Gasteiger partial charge in [0, 0.05) is 26.6 Å². The molecule has 48 heavy (non-hydrogen) atoms. The van der Waals surface area contributed by atoms with Crippen molar-refractivity contribution < 1.29 is 47.2 Å². The minimum absolute atomic E-state index is 0.0717. The van der Waals surface area contributed by atoms with Crippen LogP contribution in [0.3, 0.4) is 0 Å². The number of sulfone groups is 1. The number of aliphatic carboxylic acids is 1. The number of rotatable bonds is 28. The Morgan fingerprint density at radius 1 is 0.875 bits per heavy atom. The van der Waals surface area contributed by atoms with E-state index in [1.165, 1.54) is 20.3 Å². The normalized spacial score (nSPS) is 14.3. The second-order valence-electron chi connectivity index (χ2n) is 12.3. The van der Waals surface area contributed by atoms with E-state index < -0.39 is 45.2 Å². The van der Waals surface area contributed by atoms with Crippen LogP contribution in [0.2, 0.25) is 0 Å². The highest BCUT2D eigenvalue weighted by atomic mass is 32.2. The van der Waals surface area contributed by atoms with Crippen molar-refractivity contribution in [1.29, 1.82) is 0 Å². The molecule has 11 nitrogen and oxygen atoms in total. The first kappa shape index (κ1) is 43.1. The molecule has 1 rings (SSSR count). The fraction of sp³-hybridized carbons (Fsp3) is 0.694. The van der Waals surface area contributed by atoms with Crippen LogP contribution in [0.5, 0.6) is 5.75 Å². The lowest BCUT2D eigenvalue weighted by Crippen LogP contribution is -2.55. The molecule has 0 aliphatic carbocycles. The number of amides is 1. The molecule has 0 heterocycles. The molecule has 12 heteroatoms. The Hall–Kier alpha value is -2.96. The van der Waals surface area contributed by atoms with Crippen LogP contribution in [-0.4, -0.2) is 87.1 Å². The van der Waals surface area contributed by atoms with Gasteiger partial charge in [-0.1, -0.05) is 83.1 Å². The molecule has 0 radical (unpaired) electrons. The van der Waals surface area contributed by atoms with Crippen LogP contribution in [0.15, 0.2) is 36.4 Å². The second kappa shape index (κ2) is 24.2. The van der Waals surface area contributed by atoms with Crippen LogP contribution in [-0.2, 0) is 40.1 Å². The van der Waals surface area contributed by atoms with Crippen molar-refractivity contribution in [3.63, 3.8) is 0 Å². The number of ether oxygens (including phenoxy) is 3. The molecule has 0 unspecified atom stereocenters. The third-order valence-electron chi connectivity index (χ3n) is 8.25. The molecular weight excluding hydrogens is 638 g/mol. The van der Waals surface area contributed by atoms with Gasteiger partial charge in [0.15, 0.2) is 5.60 Å². The third-order valence-corrected chi connectivity index (χ3v) is 10.1. The minimum Gasteiger partial charge on any atom is -0.494 e. The largest absolute Gasteiger partial charge is 0.494 e. The molecular formula is C36H59NO10S. The van der Waals surface area contributed by atoms with Crippen LogP contribution in [0.4, 0.5) is 0 Å². The smallest absolute Gasteiger partial charge is 0.336 e. The van der Waals surface area contributed by atoms with Gasteiger partial charge in [0.25, 0.3) is 0 Å². The van der Waals surface area contributed by atoms with Gasteiger partial charge < -0.3 is 29.7 Å². The second-order valence-corrected chi connectivity index (χ2v) is 14.6. The van der Waals surface area contributed by atoms with Crippen molar-refractivity contribution in [3.8, 4) is 5.75 Å². The number of carbonyl (C=O) groups is 3. The average Bonchev–Trinajstić information content (AvgIpc) is 3.06. The summed E-state index contributed by atoms with van der Waals surface area (Å²) < 4.78 is 40.2.